The Bertz CT molecular complexity index is 986. The van der Waals surface area contributed by atoms with Crippen molar-refractivity contribution in [3.8, 4) is 0 Å². The molecule has 0 saturated carbocycles. The van der Waals surface area contributed by atoms with Gasteiger partial charge in [-0.15, -0.1) is 0 Å². The lowest BCUT2D eigenvalue weighted by Gasteiger charge is -2.33. The Morgan fingerprint density at radius 3 is 2.44 bits per heavy atom. The molecule has 2 heterocycles. The molecular formula is C27H35N3O2. The van der Waals surface area contributed by atoms with Gasteiger partial charge in [-0.1, -0.05) is 36.4 Å². The number of piperidine rings is 1. The van der Waals surface area contributed by atoms with Crippen LogP contribution >= 0.6 is 0 Å². The Kier molecular flexibility index (Phi) is 6.38. The first-order chi connectivity index (χ1) is 15.3. The Morgan fingerprint density at radius 2 is 1.72 bits per heavy atom. The van der Waals surface area contributed by atoms with Gasteiger partial charge in [-0.3, -0.25) is 14.5 Å². The second-order valence-corrected chi connectivity index (χ2v) is 9.79. The molecular weight excluding hydrogens is 398 g/mol. The molecule has 1 saturated heterocycles. The molecule has 0 bridgehead atoms. The smallest absolute Gasteiger partial charge is 0.242 e. The van der Waals surface area contributed by atoms with E-state index in [1.54, 1.807) is 30.7 Å². The monoisotopic (exact) mass is 433 g/mol. The fourth-order valence-corrected chi connectivity index (χ4v) is 5.21. The fourth-order valence-electron chi connectivity index (χ4n) is 5.21. The van der Waals surface area contributed by atoms with E-state index in [-0.39, 0.29) is 11.8 Å². The normalized spacial score (nSPS) is 21.4. The average Bonchev–Trinajstić information content (AvgIpc) is 2.84. The molecule has 2 aromatic rings. The Hall–Kier alpha value is -2.66. The molecule has 4 rings (SSSR count). The van der Waals surface area contributed by atoms with E-state index in [2.05, 4.69) is 47.4 Å². The molecule has 2 amide bonds. The van der Waals surface area contributed by atoms with Crippen molar-refractivity contribution < 1.29 is 9.59 Å². The Labute approximate surface area is 192 Å². The van der Waals surface area contributed by atoms with Crippen LogP contribution in [0, 0.1) is 11.3 Å². The van der Waals surface area contributed by atoms with Crippen LogP contribution in [0.25, 0.3) is 0 Å². The maximum atomic E-state index is 13.1. The third-order valence-corrected chi connectivity index (χ3v) is 7.00. The van der Waals surface area contributed by atoms with Crippen LogP contribution in [0.4, 0.5) is 11.4 Å². The second kappa shape index (κ2) is 9.07. The van der Waals surface area contributed by atoms with E-state index in [4.69, 9.17) is 0 Å². The Balaban J connectivity index is 1.53. The minimum absolute atomic E-state index is 0.136. The average molecular weight is 434 g/mol. The molecule has 0 aliphatic carbocycles. The minimum Gasteiger partial charge on any atom is -0.313 e. The summed E-state index contributed by atoms with van der Waals surface area (Å²) in [6.45, 7) is 9.01. The summed E-state index contributed by atoms with van der Waals surface area (Å²) in [5.41, 5.74) is 3.18. The highest BCUT2D eigenvalue weighted by molar-refractivity contribution is 6.19. The maximum Gasteiger partial charge on any atom is 0.242 e. The van der Waals surface area contributed by atoms with Gasteiger partial charge >= 0.3 is 0 Å². The van der Waals surface area contributed by atoms with Crippen molar-refractivity contribution in [2.45, 2.75) is 46.6 Å². The second-order valence-electron chi connectivity index (χ2n) is 9.79. The van der Waals surface area contributed by atoms with E-state index in [0.29, 0.717) is 12.5 Å². The van der Waals surface area contributed by atoms with Crippen molar-refractivity contribution in [2.75, 3.05) is 36.5 Å². The summed E-state index contributed by atoms with van der Waals surface area (Å²) in [6, 6.07) is 17.0. The zero-order valence-corrected chi connectivity index (χ0v) is 19.8. The molecule has 0 N–H and O–H groups in total. The van der Waals surface area contributed by atoms with Crippen molar-refractivity contribution in [3.05, 3.63) is 59.7 Å². The standard InChI is InChI=1S/C27H35N3O2/c1-5-30-23-14-13-22(17-24(23)28(4)25(31)27(2,3)26(30)32)19-29-15-9-12-21(18-29)16-20-10-7-6-8-11-20/h6-8,10-11,13-14,17,21H,5,9,12,15-16,18-19H2,1-4H3. The van der Waals surface area contributed by atoms with E-state index in [1.807, 2.05) is 13.0 Å². The van der Waals surface area contributed by atoms with Gasteiger partial charge in [0.15, 0.2) is 0 Å². The summed E-state index contributed by atoms with van der Waals surface area (Å²) in [5, 5.41) is 0. The lowest BCUT2D eigenvalue weighted by Crippen LogP contribution is -2.47. The molecule has 1 atom stereocenters. The van der Waals surface area contributed by atoms with Crippen LogP contribution in [0.15, 0.2) is 48.5 Å². The summed E-state index contributed by atoms with van der Waals surface area (Å²) < 4.78 is 0. The molecule has 2 aliphatic rings. The van der Waals surface area contributed by atoms with Gasteiger partial charge in [0.05, 0.1) is 11.4 Å². The van der Waals surface area contributed by atoms with E-state index >= 15 is 0 Å². The lowest BCUT2D eigenvalue weighted by molar-refractivity contribution is -0.137. The number of nitrogens with zero attached hydrogens (tertiary/aromatic N) is 3. The molecule has 170 valence electrons. The number of fused-ring (bicyclic) bond motifs is 1. The topological polar surface area (TPSA) is 43.9 Å². The number of amides is 2. The van der Waals surface area contributed by atoms with Crippen molar-refractivity contribution in [1.82, 2.24) is 4.90 Å². The first kappa shape index (κ1) is 22.5. The molecule has 0 spiro atoms. The number of benzene rings is 2. The van der Waals surface area contributed by atoms with Gasteiger partial charge in [-0.05, 0) is 75.8 Å². The lowest BCUT2D eigenvalue weighted by atomic mass is 9.90. The number of anilines is 2. The van der Waals surface area contributed by atoms with Crippen molar-refractivity contribution >= 4 is 23.2 Å². The Morgan fingerprint density at radius 1 is 0.969 bits per heavy atom. The molecule has 1 unspecified atom stereocenters. The third kappa shape index (κ3) is 4.31. The van der Waals surface area contributed by atoms with Crippen LogP contribution in [-0.2, 0) is 22.6 Å². The molecule has 0 aromatic heterocycles. The SMILES string of the molecule is CCN1C(=O)C(C)(C)C(=O)N(C)c2cc(CN3CCCC(Cc4ccccc4)C3)ccc21. The van der Waals surface area contributed by atoms with Crippen LogP contribution in [0.2, 0.25) is 0 Å². The van der Waals surface area contributed by atoms with E-state index in [1.165, 1.54) is 24.0 Å². The maximum absolute atomic E-state index is 13.1. The summed E-state index contributed by atoms with van der Waals surface area (Å²) in [7, 11) is 1.79. The number of carbonyl (C=O) groups excluding carboxylic acids is 2. The van der Waals surface area contributed by atoms with Gasteiger partial charge < -0.3 is 9.80 Å². The van der Waals surface area contributed by atoms with Gasteiger partial charge in [0.2, 0.25) is 11.8 Å². The summed E-state index contributed by atoms with van der Waals surface area (Å²) >= 11 is 0. The minimum atomic E-state index is -1.07. The first-order valence-corrected chi connectivity index (χ1v) is 11.8. The highest BCUT2D eigenvalue weighted by atomic mass is 16.2. The van der Waals surface area contributed by atoms with Gasteiger partial charge in [-0.2, -0.15) is 0 Å². The van der Waals surface area contributed by atoms with Gasteiger partial charge in [0.1, 0.15) is 5.41 Å². The van der Waals surface area contributed by atoms with Crippen molar-refractivity contribution in [3.63, 3.8) is 0 Å². The van der Waals surface area contributed by atoms with E-state index in [0.717, 1.165) is 37.4 Å². The van der Waals surface area contributed by atoms with Crippen LogP contribution < -0.4 is 9.80 Å². The molecule has 2 aromatic carbocycles. The quantitative estimate of drug-likeness (QED) is 0.653. The zero-order valence-electron chi connectivity index (χ0n) is 19.8. The molecule has 32 heavy (non-hydrogen) atoms. The third-order valence-electron chi connectivity index (χ3n) is 7.00. The fraction of sp³-hybridized carbons (Fsp3) is 0.481. The predicted octanol–water partition coefficient (Wildman–Crippen LogP) is 4.50. The molecule has 0 radical (unpaired) electrons. The number of likely N-dealkylation sites (tertiary alicyclic amines) is 1. The molecule has 1 fully saturated rings. The van der Waals surface area contributed by atoms with Crippen molar-refractivity contribution in [2.24, 2.45) is 11.3 Å². The number of hydrogen-bond acceptors (Lipinski definition) is 3. The van der Waals surface area contributed by atoms with Gasteiger partial charge in [0.25, 0.3) is 0 Å². The number of carbonyl (C=O) groups is 2. The van der Waals surface area contributed by atoms with Crippen molar-refractivity contribution in [1.29, 1.82) is 0 Å². The largest absolute Gasteiger partial charge is 0.313 e. The van der Waals surface area contributed by atoms with E-state index < -0.39 is 5.41 Å². The first-order valence-electron chi connectivity index (χ1n) is 11.8. The molecule has 5 nitrogen and oxygen atoms in total. The number of rotatable bonds is 5. The summed E-state index contributed by atoms with van der Waals surface area (Å²) in [6.07, 6.45) is 3.62. The highest BCUT2D eigenvalue weighted by Crippen LogP contribution is 2.39. The zero-order chi connectivity index (χ0) is 22.9. The van der Waals surface area contributed by atoms with Crippen LogP contribution in [0.5, 0.6) is 0 Å². The predicted molar refractivity (Wildman–Crippen MR) is 130 cm³/mol. The number of hydrogen-bond donors (Lipinski definition) is 0. The highest BCUT2D eigenvalue weighted by Gasteiger charge is 2.45. The summed E-state index contributed by atoms with van der Waals surface area (Å²) in [4.78, 5) is 32.1. The molecule has 2 aliphatic heterocycles. The summed E-state index contributed by atoms with van der Waals surface area (Å²) in [5.74, 6) is 0.381. The van der Waals surface area contributed by atoms with Crippen LogP contribution in [0.1, 0.15) is 44.7 Å². The van der Waals surface area contributed by atoms with E-state index in [9.17, 15) is 9.59 Å². The van der Waals surface area contributed by atoms with Gasteiger partial charge in [-0.25, -0.2) is 0 Å². The van der Waals surface area contributed by atoms with Crippen LogP contribution in [0.3, 0.4) is 0 Å². The van der Waals surface area contributed by atoms with Gasteiger partial charge in [0, 0.05) is 26.7 Å². The molecule has 5 heteroatoms. The van der Waals surface area contributed by atoms with Crippen LogP contribution in [-0.4, -0.2) is 43.4 Å².